The Labute approximate surface area is 268 Å². The highest BCUT2D eigenvalue weighted by Crippen LogP contribution is 2.21. The summed E-state index contributed by atoms with van der Waals surface area (Å²) in [7, 11) is -4.09. The molecule has 0 atom stereocenters. The number of ether oxygens (including phenoxy) is 1. The van der Waals surface area contributed by atoms with E-state index in [0.29, 0.717) is 29.1 Å². The van der Waals surface area contributed by atoms with Gasteiger partial charge in [0.25, 0.3) is 11.8 Å². The van der Waals surface area contributed by atoms with E-state index in [1.165, 1.54) is 37.4 Å². The van der Waals surface area contributed by atoms with Crippen LogP contribution in [0.5, 0.6) is 5.75 Å². The number of sulfonamides is 1. The van der Waals surface area contributed by atoms with Crippen molar-refractivity contribution in [2.45, 2.75) is 24.8 Å². The van der Waals surface area contributed by atoms with Crippen molar-refractivity contribution in [1.29, 1.82) is 0 Å². The molecule has 3 amide bonds. The first-order valence-electron chi connectivity index (χ1n) is 14.5. The van der Waals surface area contributed by atoms with Gasteiger partial charge < -0.3 is 15.4 Å². The number of amides is 3. The molecule has 11 nitrogen and oxygen atoms in total. The van der Waals surface area contributed by atoms with Crippen molar-refractivity contribution in [3.8, 4) is 5.75 Å². The zero-order valence-electron chi connectivity index (χ0n) is 25.3. The highest BCUT2D eigenvalue weighted by Gasteiger charge is 2.27. The van der Waals surface area contributed by atoms with Gasteiger partial charge in [-0.2, -0.15) is 9.41 Å². The molecule has 4 aromatic carbocycles. The minimum absolute atomic E-state index is 0.0270. The van der Waals surface area contributed by atoms with Gasteiger partial charge in [-0.3, -0.25) is 14.4 Å². The number of rotatable bonds is 15. The summed E-state index contributed by atoms with van der Waals surface area (Å²) in [5.74, 6) is -0.651. The van der Waals surface area contributed by atoms with Crippen molar-refractivity contribution in [1.82, 2.24) is 15.0 Å². The summed E-state index contributed by atoms with van der Waals surface area (Å²) < 4.78 is 33.7. The molecule has 0 aliphatic carbocycles. The predicted molar refractivity (Wildman–Crippen MR) is 176 cm³/mol. The van der Waals surface area contributed by atoms with E-state index < -0.39 is 22.5 Å². The van der Waals surface area contributed by atoms with E-state index >= 15 is 0 Å². The normalized spacial score (nSPS) is 11.3. The van der Waals surface area contributed by atoms with Gasteiger partial charge in [0.1, 0.15) is 5.75 Å². The van der Waals surface area contributed by atoms with Crippen molar-refractivity contribution < 1.29 is 27.5 Å². The average molecular weight is 642 g/mol. The van der Waals surface area contributed by atoms with Crippen molar-refractivity contribution in [2.24, 2.45) is 5.10 Å². The van der Waals surface area contributed by atoms with Crippen LogP contribution in [0.2, 0.25) is 0 Å². The average Bonchev–Trinajstić information content (AvgIpc) is 3.05. The summed E-state index contributed by atoms with van der Waals surface area (Å²) in [4.78, 5) is 36.2. The van der Waals surface area contributed by atoms with Crippen LogP contribution in [0.15, 0.2) is 119 Å². The summed E-state index contributed by atoms with van der Waals surface area (Å²) in [5.41, 5.74) is 5.31. The maximum atomic E-state index is 13.5. The lowest BCUT2D eigenvalue weighted by Crippen LogP contribution is -2.39. The summed E-state index contributed by atoms with van der Waals surface area (Å²) in [6.07, 6.45) is 2.14. The molecular formula is C34H35N5O6S. The maximum Gasteiger partial charge on any atom is 0.257 e. The minimum atomic E-state index is -4.09. The van der Waals surface area contributed by atoms with Gasteiger partial charge >= 0.3 is 0 Å². The van der Waals surface area contributed by atoms with Crippen LogP contribution in [0.25, 0.3) is 0 Å². The first-order chi connectivity index (χ1) is 22.2. The third-order valence-corrected chi connectivity index (χ3v) is 8.37. The minimum Gasteiger partial charge on any atom is -0.484 e. The number of carbonyl (C=O) groups is 3. The van der Waals surface area contributed by atoms with Gasteiger partial charge in [-0.15, -0.1) is 0 Å². The second kappa shape index (κ2) is 16.7. The van der Waals surface area contributed by atoms with Crippen LogP contribution in [0.1, 0.15) is 23.6 Å². The maximum absolute atomic E-state index is 13.5. The van der Waals surface area contributed by atoms with Crippen LogP contribution in [-0.4, -0.2) is 56.4 Å². The molecule has 0 unspecified atom stereocenters. The Morgan fingerprint density at radius 2 is 1.43 bits per heavy atom. The molecule has 0 fully saturated rings. The smallest absolute Gasteiger partial charge is 0.257 e. The Kier molecular flexibility index (Phi) is 12.2. The quantitative estimate of drug-likeness (QED) is 0.133. The highest BCUT2D eigenvalue weighted by atomic mass is 32.2. The molecule has 0 heterocycles. The molecule has 0 aromatic heterocycles. The molecule has 0 saturated carbocycles. The third-order valence-electron chi connectivity index (χ3n) is 6.57. The van der Waals surface area contributed by atoms with E-state index in [2.05, 4.69) is 21.2 Å². The molecular weight excluding hydrogens is 606 g/mol. The predicted octanol–water partition coefficient (Wildman–Crippen LogP) is 3.72. The fourth-order valence-electron chi connectivity index (χ4n) is 4.29. The van der Waals surface area contributed by atoms with Crippen molar-refractivity contribution >= 4 is 39.6 Å². The number of hydrogen-bond acceptors (Lipinski definition) is 7. The summed E-state index contributed by atoms with van der Waals surface area (Å²) in [6.45, 7) is 1.22. The van der Waals surface area contributed by atoms with Gasteiger partial charge in [0, 0.05) is 25.7 Å². The van der Waals surface area contributed by atoms with Crippen molar-refractivity contribution in [3.05, 3.63) is 126 Å². The Morgan fingerprint density at radius 3 is 2.07 bits per heavy atom. The summed E-state index contributed by atoms with van der Waals surface area (Å²) >= 11 is 0. The molecule has 0 spiro atoms. The molecule has 46 heavy (non-hydrogen) atoms. The second-order valence-electron chi connectivity index (χ2n) is 10.2. The highest BCUT2D eigenvalue weighted by molar-refractivity contribution is 7.89. The molecule has 12 heteroatoms. The second-order valence-corrected chi connectivity index (χ2v) is 12.1. The fourth-order valence-corrected chi connectivity index (χ4v) is 5.68. The SMILES string of the molecule is CC(=O)Nc1ccc(S(=O)(=O)N(CC(=O)N/N=C/c2ccc(OCC(=O)NCCc3ccccc3)cc2)Cc2ccccc2)cc1. The number of anilines is 1. The molecule has 0 aliphatic rings. The topological polar surface area (TPSA) is 146 Å². The zero-order valence-corrected chi connectivity index (χ0v) is 26.1. The molecule has 238 valence electrons. The first kappa shape index (κ1) is 33.6. The van der Waals surface area contributed by atoms with Crippen LogP contribution in [0.4, 0.5) is 5.69 Å². The van der Waals surface area contributed by atoms with Gasteiger partial charge in [-0.05, 0) is 71.6 Å². The van der Waals surface area contributed by atoms with E-state index in [1.54, 1.807) is 48.5 Å². The van der Waals surface area contributed by atoms with Gasteiger partial charge in [0.2, 0.25) is 15.9 Å². The Bertz CT molecular complexity index is 1730. The Morgan fingerprint density at radius 1 is 0.804 bits per heavy atom. The van der Waals surface area contributed by atoms with E-state index in [4.69, 9.17) is 4.74 Å². The van der Waals surface area contributed by atoms with Crippen LogP contribution in [-0.2, 0) is 37.4 Å². The standard InChI is InChI=1S/C34H35N5O6S/c1-26(40)37-30-14-18-32(19-15-30)46(43,44)39(23-29-10-6-3-7-11-29)24-33(41)38-36-22-28-12-16-31(17-13-28)45-25-34(42)35-21-20-27-8-4-2-5-9-27/h2-19,22H,20-21,23-25H2,1H3,(H,35,42)(H,37,40)(H,38,41)/b36-22+. The van der Waals surface area contributed by atoms with Crippen molar-refractivity contribution in [2.75, 3.05) is 25.0 Å². The number of hydrogen-bond donors (Lipinski definition) is 3. The number of hydrazone groups is 1. The molecule has 4 rings (SSSR count). The Hall–Kier alpha value is -5.33. The van der Waals surface area contributed by atoms with Gasteiger partial charge in [-0.1, -0.05) is 60.7 Å². The lowest BCUT2D eigenvalue weighted by molar-refractivity contribution is -0.123. The number of nitrogens with one attached hydrogen (secondary N) is 3. The zero-order chi connectivity index (χ0) is 32.8. The van der Waals surface area contributed by atoms with Gasteiger partial charge in [0.05, 0.1) is 17.7 Å². The van der Waals surface area contributed by atoms with Gasteiger partial charge in [0.15, 0.2) is 6.61 Å². The van der Waals surface area contributed by atoms with E-state index in [9.17, 15) is 22.8 Å². The lowest BCUT2D eigenvalue weighted by Gasteiger charge is -2.21. The molecule has 0 saturated heterocycles. The molecule has 0 bridgehead atoms. The monoisotopic (exact) mass is 641 g/mol. The van der Waals surface area contributed by atoms with E-state index in [-0.39, 0.29) is 29.9 Å². The van der Waals surface area contributed by atoms with Crippen LogP contribution in [0, 0.1) is 0 Å². The number of nitrogens with zero attached hydrogens (tertiary/aromatic N) is 2. The summed E-state index contributed by atoms with van der Waals surface area (Å²) in [5, 5.41) is 9.39. The van der Waals surface area contributed by atoms with E-state index in [0.717, 1.165) is 16.3 Å². The Balaban J connectivity index is 1.29. The number of benzene rings is 4. The van der Waals surface area contributed by atoms with Crippen LogP contribution >= 0.6 is 0 Å². The molecule has 0 radical (unpaired) electrons. The molecule has 4 aromatic rings. The third kappa shape index (κ3) is 10.7. The first-order valence-corrected chi connectivity index (χ1v) is 15.9. The van der Waals surface area contributed by atoms with Crippen LogP contribution in [0.3, 0.4) is 0 Å². The van der Waals surface area contributed by atoms with Crippen LogP contribution < -0.4 is 20.8 Å². The largest absolute Gasteiger partial charge is 0.484 e. The molecule has 3 N–H and O–H groups in total. The molecule has 0 aliphatic heterocycles. The summed E-state index contributed by atoms with van der Waals surface area (Å²) in [6, 6.07) is 31.2. The van der Waals surface area contributed by atoms with E-state index in [1.807, 2.05) is 36.4 Å². The van der Waals surface area contributed by atoms with Crippen molar-refractivity contribution in [3.63, 3.8) is 0 Å². The number of carbonyl (C=O) groups excluding carboxylic acids is 3. The lowest BCUT2D eigenvalue weighted by atomic mass is 10.1. The van der Waals surface area contributed by atoms with Gasteiger partial charge in [-0.25, -0.2) is 13.8 Å². The fraction of sp³-hybridized carbons (Fsp3) is 0.176.